The van der Waals surface area contributed by atoms with Crippen LogP contribution in [-0.4, -0.2) is 18.8 Å². The molecule has 2 rings (SSSR count). The molecular formula is C11H13BrFNS. The highest BCUT2D eigenvalue weighted by Gasteiger charge is 2.16. The van der Waals surface area contributed by atoms with Gasteiger partial charge in [-0.25, -0.2) is 4.39 Å². The van der Waals surface area contributed by atoms with E-state index in [1.165, 1.54) is 6.07 Å². The third kappa shape index (κ3) is 3.20. The summed E-state index contributed by atoms with van der Waals surface area (Å²) in [7, 11) is 0. The number of nitrogens with one attached hydrogen (secondary N) is 1. The lowest BCUT2D eigenvalue weighted by Crippen LogP contribution is -2.43. The smallest absolute Gasteiger partial charge is 0.127 e. The number of hydrogen-bond acceptors (Lipinski definition) is 2. The Hall–Kier alpha value is -0.0600. The van der Waals surface area contributed by atoms with Gasteiger partial charge in [-0.1, -0.05) is 15.9 Å². The number of halogens is 2. The standard InChI is InChI=1S/C11H13BrFNS/c12-10-1-2-11(13)9(3-10)7-15-6-8-4-14-5-8/h1-3,8,14H,4-7H2. The second kappa shape index (κ2) is 5.32. The predicted molar refractivity (Wildman–Crippen MR) is 66.6 cm³/mol. The van der Waals surface area contributed by atoms with E-state index in [4.69, 9.17) is 0 Å². The largest absolute Gasteiger partial charge is 0.316 e. The zero-order valence-electron chi connectivity index (χ0n) is 8.30. The van der Waals surface area contributed by atoms with Crippen molar-refractivity contribution in [2.24, 2.45) is 5.92 Å². The molecule has 0 aromatic heterocycles. The molecular weight excluding hydrogens is 277 g/mol. The van der Waals surface area contributed by atoms with Crippen LogP contribution in [0, 0.1) is 11.7 Å². The first kappa shape index (κ1) is 11.4. The van der Waals surface area contributed by atoms with Crippen molar-refractivity contribution in [3.8, 4) is 0 Å². The number of benzene rings is 1. The lowest BCUT2D eigenvalue weighted by Gasteiger charge is -2.26. The number of thioether (sulfide) groups is 1. The van der Waals surface area contributed by atoms with Gasteiger partial charge in [-0.15, -0.1) is 0 Å². The highest BCUT2D eigenvalue weighted by Crippen LogP contribution is 2.22. The van der Waals surface area contributed by atoms with Crippen LogP contribution in [-0.2, 0) is 5.75 Å². The average molecular weight is 290 g/mol. The van der Waals surface area contributed by atoms with E-state index in [2.05, 4.69) is 21.2 Å². The second-order valence-electron chi connectivity index (χ2n) is 3.78. The van der Waals surface area contributed by atoms with Gasteiger partial charge in [-0.3, -0.25) is 0 Å². The molecule has 0 bridgehead atoms. The fourth-order valence-electron chi connectivity index (χ4n) is 1.46. The van der Waals surface area contributed by atoms with Crippen molar-refractivity contribution in [3.05, 3.63) is 34.1 Å². The molecule has 0 unspecified atom stereocenters. The van der Waals surface area contributed by atoms with Gasteiger partial charge in [0.25, 0.3) is 0 Å². The van der Waals surface area contributed by atoms with Crippen LogP contribution < -0.4 is 5.32 Å². The maximum absolute atomic E-state index is 13.3. The van der Waals surface area contributed by atoms with E-state index in [-0.39, 0.29) is 5.82 Å². The van der Waals surface area contributed by atoms with E-state index in [9.17, 15) is 4.39 Å². The molecule has 0 aliphatic carbocycles. The lowest BCUT2D eigenvalue weighted by atomic mass is 10.1. The van der Waals surface area contributed by atoms with Crippen LogP contribution in [0.25, 0.3) is 0 Å². The van der Waals surface area contributed by atoms with E-state index in [0.717, 1.165) is 40.5 Å². The van der Waals surface area contributed by atoms with Gasteiger partial charge in [0.15, 0.2) is 0 Å². The van der Waals surface area contributed by atoms with Crippen LogP contribution in [0.4, 0.5) is 4.39 Å². The minimum atomic E-state index is -0.0996. The predicted octanol–water partition coefficient (Wildman–Crippen LogP) is 3.04. The van der Waals surface area contributed by atoms with Gasteiger partial charge >= 0.3 is 0 Å². The van der Waals surface area contributed by atoms with Crippen LogP contribution >= 0.6 is 27.7 Å². The van der Waals surface area contributed by atoms with Crippen LogP contribution in [0.3, 0.4) is 0 Å². The lowest BCUT2D eigenvalue weighted by molar-refractivity contribution is 0.385. The fourth-order valence-corrected chi connectivity index (χ4v) is 2.99. The molecule has 82 valence electrons. The van der Waals surface area contributed by atoms with E-state index >= 15 is 0 Å². The molecule has 1 fully saturated rings. The Labute approximate surface area is 102 Å². The maximum Gasteiger partial charge on any atom is 0.127 e. The van der Waals surface area contributed by atoms with Gasteiger partial charge in [-0.2, -0.15) is 11.8 Å². The molecule has 0 saturated carbocycles. The number of rotatable bonds is 4. The van der Waals surface area contributed by atoms with Gasteiger partial charge < -0.3 is 5.32 Å². The van der Waals surface area contributed by atoms with Crippen molar-refractivity contribution in [3.63, 3.8) is 0 Å². The zero-order chi connectivity index (χ0) is 10.7. The molecule has 1 N–H and O–H groups in total. The van der Waals surface area contributed by atoms with Gasteiger partial charge in [-0.05, 0) is 48.5 Å². The summed E-state index contributed by atoms with van der Waals surface area (Å²) < 4.78 is 14.3. The summed E-state index contributed by atoms with van der Waals surface area (Å²) in [5.41, 5.74) is 0.793. The Morgan fingerprint density at radius 1 is 1.47 bits per heavy atom. The molecule has 4 heteroatoms. The maximum atomic E-state index is 13.3. The topological polar surface area (TPSA) is 12.0 Å². The monoisotopic (exact) mass is 289 g/mol. The third-order valence-electron chi connectivity index (χ3n) is 2.48. The summed E-state index contributed by atoms with van der Waals surface area (Å²) in [5.74, 6) is 2.57. The van der Waals surface area contributed by atoms with Crippen molar-refractivity contribution < 1.29 is 4.39 Å². The van der Waals surface area contributed by atoms with Gasteiger partial charge in [0.2, 0.25) is 0 Å². The minimum Gasteiger partial charge on any atom is -0.316 e. The summed E-state index contributed by atoms with van der Waals surface area (Å²) in [6, 6.07) is 5.12. The molecule has 1 nitrogen and oxygen atoms in total. The summed E-state index contributed by atoms with van der Waals surface area (Å²) in [5, 5.41) is 3.24. The Morgan fingerprint density at radius 2 is 2.27 bits per heavy atom. The van der Waals surface area contributed by atoms with Crippen molar-refractivity contribution >= 4 is 27.7 Å². The molecule has 0 radical (unpaired) electrons. The first-order valence-corrected chi connectivity index (χ1v) is 6.93. The molecule has 0 spiro atoms. The fraction of sp³-hybridized carbons (Fsp3) is 0.455. The van der Waals surface area contributed by atoms with Crippen LogP contribution in [0.15, 0.2) is 22.7 Å². The molecule has 0 amide bonds. The van der Waals surface area contributed by atoms with Crippen molar-refractivity contribution in [2.45, 2.75) is 5.75 Å². The van der Waals surface area contributed by atoms with Crippen molar-refractivity contribution in [2.75, 3.05) is 18.8 Å². The molecule has 1 aromatic carbocycles. The van der Waals surface area contributed by atoms with Crippen LogP contribution in [0.1, 0.15) is 5.56 Å². The summed E-state index contributed by atoms with van der Waals surface area (Å²) in [6.45, 7) is 2.24. The zero-order valence-corrected chi connectivity index (χ0v) is 10.7. The van der Waals surface area contributed by atoms with E-state index in [1.807, 2.05) is 17.8 Å². The Kier molecular flexibility index (Phi) is 4.05. The summed E-state index contributed by atoms with van der Waals surface area (Å²) >= 11 is 5.17. The Balaban J connectivity index is 1.83. The van der Waals surface area contributed by atoms with E-state index in [0.29, 0.717) is 0 Å². The van der Waals surface area contributed by atoms with E-state index < -0.39 is 0 Å². The Morgan fingerprint density at radius 3 is 2.93 bits per heavy atom. The molecule has 1 aromatic rings. The molecule has 15 heavy (non-hydrogen) atoms. The van der Waals surface area contributed by atoms with Gasteiger partial charge in [0.1, 0.15) is 5.82 Å². The molecule has 1 aliphatic rings. The molecule has 0 atom stereocenters. The first-order chi connectivity index (χ1) is 7.25. The second-order valence-corrected chi connectivity index (χ2v) is 5.72. The third-order valence-corrected chi connectivity index (χ3v) is 4.20. The summed E-state index contributed by atoms with van der Waals surface area (Å²) in [6.07, 6.45) is 0. The highest BCUT2D eigenvalue weighted by atomic mass is 79.9. The summed E-state index contributed by atoms with van der Waals surface area (Å²) in [4.78, 5) is 0. The average Bonchev–Trinajstić information content (AvgIpc) is 2.15. The van der Waals surface area contributed by atoms with E-state index in [1.54, 1.807) is 6.07 Å². The van der Waals surface area contributed by atoms with Crippen LogP contribution in [0.5, 0.6) is 0 Å². The van der Waals surface area contributed by atoms with Crippen molar-refractivity contribution in [1.82, 2.24) is 5.32 Å². The first-order valence-electron chi connectivity index (χ1n) is 4.98. The molecule has 1 heterocycles. The van der Waals surface area contributed by atoms with Crippen molar-refractivity contribution in [1.29, 1.82) is 0 Å². The number of hydrogen-bond donors (Lipinski definition) is 1. The minimum absolute atomic E-state index is 0.0996. The Bertz CT molecular complexity index is 341. The normalized spacial score (nSPS) is 16.4. The van der Waals surface area contributed by atoms with Gasteiger partial charge in [0.05, 0.1) is 0 Å². The SMILES string of the molecule is Fc1ccc(Br)cc1CSCC1CNC1. The molecule has 1 aliphatic heterocycles. The highest BCUT2D eigenvalue weighted by molar-refractivity contribution is 9.10. The molecule has 1 saturated heterocycles. The quantitative estimate of drug-likeness (QED) is 0.914. The van der Waals surface area contributed by atoms with Gasteiger partial charge in [0, 0.05) is 10.2 Å². The van der Waals surface area contributed by atoms with Crippen LogP contribution in [0.2, 0.25) is 0 Å².